The molecular weight excluding hydrogens is 637 g/mol. The van der Waals surface area contributed by atoms with Crippen LogP contribution in [0, 0.1) is 0 Å². The van der Waals surface area contributed by atoms with Gasteiger partial charge in [0.15, 0.2) is 0 Å². The van der Waals surface area contributed by atoms with E-state index in [0.29, 0.717) is 0 Å². The molecule has 0 saturated carbocycles. The van der Waals surface area contributed by atoms with Gasteiger partial charge in [-0.25, -0.2) is 0 Å². The maximum atomic E-state index is 2.41. The Morgan fingerprint density at radius 3 is 1.67 bits per heavy atom. The van der Waals surface area contributed by atoms with Crippen molar-refractivity contribution in [3.63, 3.8) is 0 Å². The number of benzene rings is 8. The monoisotopic (exact) mass is 668 g/mol. The highest BCUT2D eigenvalue weighted by molar-refractivity contribution is 7.26. The quantitative estimate of drug-likeness (QED) is 0.171. The van der Waals surface area contributed by atoms with Gasteiger partial charge in [-0.3, -0.25) is 0 Å². The Bertz CT molecular complexity index is 2790. The first-order valence-electron chi connectivity index (χ1n) is 17.4. The molecule has 0 N–H and O–H groups in total. The van der Waals surface area contributed by atoms with E-state index < -0.39 is 0 Å². The Kier molecular flexibility index (Phi) is 7.04. The van der Waals surface area contributed by atoms with Gasteiger partial charge in [0.05, 0.1) is 11.0 Å². The Morgan fingerprint density at radius 1 is 0.373 bits per heavy atom. The van der Waals surface area contributed by atoms with Crippen LogP contribution in [0.1, 0.15) is 0 Å². The van der Waals surface area contributed by atoms with Gasteiger partial charge in [0.2, 0.25) is 0 Å². The van der Waals surface area contributed by atoms with Crippen molar-refractivity contribution in [1.82, 2.24) is 4.57 Å². The van der Waals surface area contributed by atoms with Crippen LogP contribution in [0.3, 0.4) is 0 Å². The zero-order chi connectivity index (χ0) is 33.7. The molecule has 2 aromatic heterocycles. The SMILES string of the molecule is c1ccc(N(c2ccccc2)c2ccc(-c3cc(-c4ccc5c6ccccc6n(-c6ccccc6)c5c4)c4sc5ccccc5c4c3)cc2)cc1. The zero-order valence-corrected chi connectivity index (χ0v) is 28.6. The summed E-state index contributed by atoms with van der Waals surface area (Å²) in [4.78, 5) is 2.31. The predicted octanol–water partition coefficient (Wildman–Crippen LogP) is 14.0. The third-order valence-electron chi connectivity index (χ3n) is 9.96. The van der Waals surface area contributed by atoms with Gasteiger partial charge in [0.1, 0.15) is 0 Å². The van der Waals surface area contributed by atoms with Crippen molar-refractivity contribution in [3.05, 3.63) is 194 Å². The second kappa shape index (κ2) is 12.2. The van der Waals surface area contributed by atoms with E-state index in [1.807, 2.05) is 11.3 Å². The lowest BCUT2D eigenvalue weighted by Gasteiger charge is -2.25. The Labute approximate surface area is 300 Å². The van der Waals surface area contributed by atoms with Crippen LogP contribution in [0.15, 0.2) is 194 Å². The highest BCUT2D eigenvalue weighted by Gasteiger charge is 2.18. The first-order valence-corrected chi connectivity index (χ1v) is 18.2. The molecule has 0 fully saturated rings. The molecule has 2 heterocycles. The van der Waals surface area contributed by atoms with Gasteiger partial charge in [-0.15, -0.1) is 11.3 Å². The van der Waals surface area contributed by atoms with E-state index in [-0.39, 0.29) is 0 Å². The fourth-order valence-corrected chi connectivity index (χ4v) is 8.83. The Balaban J connectivity index is 1.16. The van der Waals surface area contributed by atoms with Crippen molar-refractivity contribution in [2.45, 2.75) is 0 Å². The topological polar surface area (TPSA) is 8.17 Å². The van der Waals surface area contributed by atoms with Crippen molar-refractivity contribution >= 4 is 70.4 Å². The van der Waals surface area contributed by atoms with Crippen molar-refractivity contribution in [2.75, 3.05) is 4.90 Å². The minimum Gasteiger partial charge on any atom is -0.311 e. The highest BCUT2D eigenvalue weighted by atomic mass is 32.1. The minimum absolute atomic E-state index is 1.12. The first-order chi connectivity index (χ1) is 25.3. The summed E-state index contributed by atoms with van der Waals surface area (Å²) in [6.07, 6.45) is 0. The van der Waals surface area contributed by atoms with Crippen LogP contribution in [0.25, 0.3) is 69.9 Å². The van der Waals surface area contributed by atoms with Gasteiger partial charge in [0.25, 0.3) is 0 Å². The fourth-order valence-electron chi connectivity index (χ4n) is 7.61. The molecule has 0 amide bonds. The number of nitrogens with zero attached hydrogens (tertiary/aromatic N) is 2. The number of rotatable bonds is 6. The number of hydrogen-bond donors (Lipinski definition) is 0. The Hall–Kier alpha value is -6.42. The van der Waals surface area contributed by atoms with Crippen molar-refractivity contribution in [3.8, 4) is 27.9 Å². The van der Waals surface area contributed by atoms with Crippen LogP contribution in [0.5, 0.6) is 0 Å². The lowest BCUT2D eigenvalue weighted by atomic mass is 9.95. The van der Waals surface area contributed by atoms with E-state index in [1.54, 1.807) is 0 Å². The molecule has 0 bridgehead atoms. The second-order valence-electron chi connectivity index (χ2n) is 13.0. The summed E-state index contributed by atoms with van der Waals surface area (Å²) in [6, 6.07) is 70.3. The number of para-hydroxylation sites is 4. The molecule has 0 spiro atoms. The molecule has 51 heavy (non-hydrogen) atoms. The third-order valence-corrected chi connectivity index (χ3v) is 11.2. The lowest BCUT2D eigenvalue weighted by Crippen LogP contribution is -2.09. The average Bonchev–Trinajstić information content (AvgIpc) is 3.75. The van der Waals surface area contributed by atoms with Crippen LogP contribution in [0.2, 0.25) is 0 Å². The molecule has 240 valence electrons. The van der Waals surface area contributed by atoms with Gasteiger partial charge in [-0.05, 0) is 95.6 Å². The molecule has 0 atom stereocenters. The second-order valence-corrected chi connectivity index (χ2v) is 14.0. The number of thiophene rings is 1. The largest absolute Gasteiger partial charge is 0.311 e. The number of aromatic nitrogens is 1. The summed E-state index contributed by atoms with van der Waals surface area (Å²) < 4.78 is 5.03. The molecule has 0 aliphatic rings. The molecule has 3 heteroatoms. The number of anilines is 3. The molecular formula is C48H32N2S. The summed E-state index contributed by atoms with van der Waals surface area (Å²) >= 11 is 1.89. The number of fused-ring (bicyclic) bond motifs is 6. The molecule has 2 nitrogen and oxygen atoms in total. The van der Waals surface area contributed by atoms with E-state index in [9.17, 15) is 0 Å². The zero-order valence-electron chi connectivity index (χ0n) is 27.8. The molecule has 10 aromatic rings. The maximum absolute atomic E-state index is 2.41. The van der Waals surface area contributed by atoms with Crippen LogP contribution in [-0.2, 0) is 0 Å². The normalized spacial score (nSPS) is 11.5. The molecule has 0 radical (unpaired) electrons. The Morgan fingerprint density at radius 2 is 0.941 bits per heavy atom. The van der Waals surface area contributed by atoms with E-state index in [0.717, 1.165) is 17.1 Å². The van der Waals surface area contributed by atoms with Crippen molar-refractivity contribution < 1.29 is 0 Å². The predicted molar refractivity (Wildman–Crippen MR) is 219 cm³/mol. The van der Waals surface area contributed by atoms with Gasteiger partial charge >= 0.3 is 0 Å². The van der Waals surface area contributed by atoms with Crippen LogP contribution in [-0.4, -0.2) is 4.57 Å². The van der Waals surface area contributed by atoms with Gasteiger partial charge < -0.3 is 9.47 Å². The summed E-state index contributed by atoms with van der Waals surface area (Å²) in [7, 11) is 0. The standard InChI is InChI=1S/C48H32N2S/c1-4-14-36(15-5-1)49(37-16-6-2-7-17-37)39-27-24-33(25-28-39)35-30-43(48-44(31-35)42-21-11-13-23-47(42)51-48)34-26-29-41-40-20-10-12-22-45(40)50(46(41)32-34)38-18-8-3-9-19-38/h1-32H. The van der Waals surface area contributed by atoms with Gasteiger partial charge in [-0.1, -0.05) is 115 Å². The van der Waals surface area contributed by atoms with E-state index in [2.05, 4.69) is 204 Å². The van der Waals surface area contributed by atoms with Crippen LogP contribution < -0.4 is 4.90 Å². The summed E-state index contributed by atoms with van der Waals surface area (Å²) in [6.45, 7) is 0. The smallest absolute Gasteiger partial charge is 0.0547 e. The van der Waals surface area contributed by atoms with Gasteiger partial charge in [0, 0.05) is 59.3 Å². The molecule has 0 saturated heterocycles. The third kappa shape index (κ3) is 5.01. The van der Waals surface area contributed by atoms with Crippen molar-refractivity contribution in [2.24, 2.45) is 0 Å². The minimum atomic E-state index is 1.12. The molecule has 8 aromatic carbocycles. The average molecular weight is 669 g/mol. The van der Waals surface area contributed by atoms with Crippen LogP contribution in [0.4, 0.5) is 17.1 Å². The highest BCUT2D eigenvalue weighted by Crippen LogP contribution is 2.45. The van der Waals surface area contributed by atoms with E-state index in [1.165, 1.54) is 69.9 Å². The van der Waals surface area contributed by atoms with E-state index >= 15 is 0 Å². The van der Waals surface area contributed by atoms with Crippen molar-refractivity contribution in [1.29, 1.82) is 0 Å². The summed E-state index contributed by atoms with van der Waals surface area (Å²) in [5.41, 5.74) is 11.9. The fraction of sp³-hybridized carbons (Fsp3) is 0. The summed E-state index contributed by atoms with van der Waals surface area (Å²) in [5, 5.41) is 5.13. The van der Waals surface area contributed by atoms with E-state index in [4.69, 9.17) is 0 Å². The lowest BCUT2D eigenvalue weighted by molar-refractivity contribution is 1.18. The molecule has 0 unspecified atom stereocenters. The molecule has 0 aliphatic heterocycles. The number of hydrogen-bond acceptors (Lipinski definition) is 2. The van der Waals surface area contributed by atoms with Gasteiger partial charge in [-0.2, -0.15) is 0 Å². The maximum Gasteiger partial charge on any atom is 0.0547 e. The molecule has 10 rings (SSSR count). The molecule has 0 aliphatic carbocycles. The first kappa shape index (κ1) is 29.5. The summed E-state index contributed by atoms with van der Waals surface area (Å²) in [5.74, 6) is 0. The van der Waals surface area contributed by atoms with Crippen LogP contribution >= 0.6 is 11.3 Å².